The van der Waals surface area contributed by atoms with Gasteiger partial charge in [-0.05, 0) is 57.4 Å². The van der Waals surface area contributed by atoms with Crippen LogP contribution in [0.25, 0.3) is 22.3 Å². The lowest BCUT2D eigenvalue weighted by Crippen LogP contribution is -2.41. The van der Waals surface area contributed by atoms with Crippen LogP contribution in [-0.2, 0) is 32.8 Å². The van der Waals surface area contributed by atoms with Crippen LogP contribution in [0.15, 0.2) is 41.7 Å². The molecule has 0 amide bonds. The summed E-state index contributed by atoms with van der Waals surface area (Å²) in [6, 6.07) is 4.74. The van der Waals surface area contributed by atoms with Crippen molar-refractivity contribution in [1.82, 2.24) is 28.9 Å². The third-order valence-electron chi connectivity index (χ3n) is 9.98. The largest absolute Gasteiger partial charge is 0.417 e. The summed E-state index contributed by atoms with van der Waals surface area (Å²) in [6.07, 6.45) is 9.01. The Morgan fingerprint density at radius 2 is 1.71 bits per heavy atom. The van der Waals surface area contributed by atoms with Crippen molar-refractivity contribution in [1.29, 1.82) is 0 Å². The van der Waals surface area contributed by atoms with E-state index in [-0.39, 0.29) is 29.2 Å². The van der Waals surface area contributed by atoms with Crippen LogP contribution in [-0.4, -0.2) is 77.9 Å². The van der Waals surface area contributed by atoms with Gasteiger partial charge in [-0.2, -0.15) is 0 Å². The highest BCUT2D eigenvalue weighted by atomic mass is 32.2. The van der Waals surface area contributed by atoms with E-state index < -0.39 is 31.0 Å². The molecule has 0 aliphatic carbocycles. The normalized spacial score (nSPS) is 13.6. The molecular weight excluding hydrogens is 711 g/mol. The third kappa shape index (κ3) is 9.90. The second-order valence-electron chi connectivity index (χ2n) is 16.9. The molecule has 0 bridgehead atoms. The minimum atomic E-state index is -3.41. The molecule has 52 heavy (non-hydrogen) atoms. The number of anilines is 2. The van der Waals surface area contributed by atoms with Gasteiger partial charge >= 0.3 is 0 Å². The third-order valence-corrected chi connectivity index (χ3v) is 18.2. The van der Waals surface area contributed by atoms with Crippen LogP contribution in [0.3, 0.4) is 0 Å². The number of sulfone groups is 1. The van der Waals surface area contributed by atoms with Crippen molar-refractivity contribution in [3.05, 3.63) is 52.8 Å². The molecule has 4 aromatic heterocycles. The summed E-state index contributed by atoms with van der Waals surface area (Å²) in [6.45, 7) is 25.0. The zero-order valence-corrected chi connectivity index (χ0v) is 36.0. The first-order valence-corrected chi connectivity index (χ1v) is 26.2. The standard InChI is InChI=1S/C37H57N7O5SSi2/c1-27(16-19-49-52(12,13)36(2,3)4)44-24-28(14-17-37(5,6)50(8,46)47)29-23-39-33(22-31(29)44)40-32-15-18-38-34(41-32)30-25-43(42(7)35(30)45)26-48-20-21-51(9,10)11/h15,18,22-25,27H,16,19-21,26H2,1-13H3,(H,38,39,40,41)/t27-/m0/s1. The molecular formula is C37H57N7O5SSi2. The maximum atomic E-state index is 13.2. The predicted molar refractivity (Wildman–Crippen MR) is 216 cm³/mol. The smallest absolute Gasteiger partial charge is 0.277 e. The first-order valence-electron chi connectivity index (χ1n) is 17.7. The number of hydrogen-bond acceptors (Lipinski definition) is 9. The predicted octanol–water partition coefficient (Wildman–Crippen LogP) is 7.20. The Balaban J connectivity index is 1.64. The van der Waals surface area contributed by atoms with E-state index in [9.17, 15) is 13.2 Å². The Hall–Kier alpha value is -3.56. The van der Waals surface area contributed by atoms with Gasteiger partial charge in [0, 0.05) is 76.9 Å². The molecule has 4 heterocycles. The minimum Gasteiger partial charge on any atom is -0.417 e. The van der Waals surface area contributed by atoms with E-state index in [4.69, 9.17) is 9.16 Å². The van der Waals surface area contributed by atoms with Crippen molar-refractivity contribution < 1.29 is 17.6 Å². The molecule has 0 spiro atoms. The van der Waals surface area contributed by atoms with Crippen LogP contribution in [0.5, 0.6) is 0 Å². The van der Waals surface area contributed by atoms with Crippen LogP contribution in [0.2, 0.25) is 43.8 Å². The molecule has 0 radical (unpaired) electrons. The van der Waals surface area contributed by atoms with Crippen LogP contribution < -0.4 is 10.9 Å². The fourth-order valence-electron chi connectivity index (χ4n) is 4.91. The lowest BCUT2D eigenvalue weighted by molar-refractivity contribution is 0.0703. The minimum absolute atomic E-state index is 0.0476. The molecule has 15 heteroatoms. The van der Waals surface area contributed by atoms with Gasteiger partial charge in [-0.1, -0.05) is 52.3 Å². The van der Waals surface area contributed by atoms with Crippen molar-refractivity contribution in [3.8, 4) is 23.2 Å². The van der Waals surface area contributed by atoms with Crippen molar-refractivity contribution in [2.24, 2.45) is 7.05 Å². The molecule has 0 saturated heterocycles. The molecule has 0 aromatic carbocycles. The second-order valence-corrected chi connectivity index (χ2v) is 29.9. The van der Waals surface area contributed by atoms with E-state index in [1.807, 2.05) is 12.3 Å². The van der Waals surface area contributed by atoms with E-state index in [0.29, 0.717) is 36.0 Å². The molecule has 284 valence electrons. The quantitative estimate of drug-likeness (QED) is 0.0803. The Morgan fingerprint density at radius 3 is 2.35 bits per heavy atom. The highest BCUT2D eigenvalue weighted by Gasteiger charge is 2.37. The van der Waals surface area contributed by atoms with E-state index in [2.05, 4.69) is 97.1 Å². The Bertz CT molecular complexity index is 2130. The first-order chi connectivity index (χ1) is 23.9. The summed E-state index contributed by atoms with van der Waals surface area (Å²) in [5, 5.41) is 4.20. The Kier molecular flexibility index (Phi) is 12.2. The number of nitrogens with one attached hydrogen (secondary N) is 1. The van der Waals surface area contributed by atoms with E-state index in [1.54, 1.807) is 50.2 Å². The summed E-state index contributed by atoms with van der Waals surface area (Å²) in [7, 11) is -4.86. The van der Waals surface area contributed by atoms with Gasteiger partial charge in [0.2, 0.25) is 0 Å². The summed E-state index contributed by atoms with van der Waals surface area (Å²) < 4.78 is 41.3. The van der Waals surface area contributed by atoms with Gasteiger partial charge in [0.15, 0.2) is 24.0 Å². The van der Waals surface area contributed by atoms with E-state index in [0.717, 1.165) is 23.4 Å². The highest BCUT2D eigenvalue weighted by molar-refractivity contribution is 7.92. The fraction of sp³-hybridized carbons (Fsp3) is 0.568. The molecule has 1 atom stereocenters. The van der Waals surface area contributed by atoms with Gasteiger partial charge in [0.05, 0.1) is 11.1 Å². The molecule has 0 aliphatic heterocycles. The monoisotopic (exact) mass is 767 g/mol. The molecule has 12 nitrogen and oxygen atoms in total. The Morgan fingerprint density at radius 1 is 1.02 bits per heavy atom. The van der Waals surface area contributed by atoms with Crippen molar-refractivity contribution in [2.45, 2.75) is 109 Å². The van der Waals surface area contributed by atoms with Crippen molar-refractivity contribution in [3.63, 3.8) is 0 Å². The lowest BCUT2D eigenvalue weighted by Gasteiger charge is -2.36. The number of nitrogens with zero attached hydrogens (tertiary/aromatic N) is 6. The van der Waals surface area contributed by atoms with Crippen molar-refractivity contribution >= 4 is 48.8 Å². The summed E-state index contributed by atoms with van der Waals surface area (Å²) in [5.74, 6) is 7.43. The molecule has 4 aromatic rings. The topological polar surface area (TPSA) is 135 Å². The molecule has 0 fully saturated rings. The number of pyridine rings is 1. The van der Waals surface area contributed by atoms with Gasteiger partial charge in [-0.3, -0.25) is 14.2 Å². The van der Waals surface area contributed by atoms with E-state index in [1.165, 1.54) is 10.9 Å². The lowest BCUT2D eigenvalue weighted by atomic mass is 10.1. The number of aromatic nitrogens is 6. The molecule has 4 rings (SSSR count). The summed E-state index contributed by atoms with van der Waals surface area (Å²) in [4.78, 5) is 26.9. The van der Waals surface area contributed by atoms with E-state index >= 15 is 0 Å². The molecule has 0 saturated carbocycles. The van der Waals surface area contributed by atoms with Crippen LogP contribution >= 0.6 is 0 Å². The van der Waals surface area contributed by atoms with Gasteiger partial charge < -0.3 is 19.0 Å². The number of rotatable bonds is 14. The number of ether oxygens (including phenoxy) is 1. The maximum Gasteiger partial charge on any atom is 0.277 e. The first kappa shape index (κ1) is 41.2. The zero-order chi connectivity index (χ0) is 38.9. The highest BCUT2D eigenvalue weighted by Crippen LogP contribution is 2.37. The zero-order valence-electron chi connectivity index (χ0n) is 33.2. The fourth-order valence-corrected chi connectivity index (χ4v) is 6.97. The van der Waals surface area contributed by atoms with Gasteiger partial charge in [0.25, 0.3) is 5.56 Å². The summed E-state index contributed by atoms with van der Waals surface area (Å²) >= 11 is 0. The van der Waals surface area contributed by atoms with Crippen molar-refractivity contribution in [2.75, 3.05) is 24.8 Å². The Labute approximate surface area is 311 Å². The van der Waals surface area contributed by atoms with Crippen LogP contribution in [0.1, 0.15) is 59.6 Å². The van der Waals surface area contributed by atoms with Gasteiger partial charge in [-0.25, -0.2) is 23.4 Å². The SMILES string of the molecule is C[C@@H](CCO[Si](C)(C)C(C)(C)C)n1cc(C#CC(C)(C)S(C)(=O)=O)c2cnc(Nc3ccnc(-c4cn(COCC[Si](C)(C)C)n(C)c4=O)n3)cc21. The molecule has 0 unspecified atom stereocenters. The average Bonchev–Trinajstić information content (AvgIpc) is 3.53. The van der Waals surface area contributed by atoms with Gasteiger partial charge in [-0.15, -0.1) is 0 Å². The maximum absolute atomic E-state index is 13.2. The molecule has 1 N–H and O–H groups in total. The number of hydrogen-bond donors (Lipinski definition) is 1. The molecule has 0 aliphatic rings. The van der Waals surface area contributed by atoms with Crippen LogP contribution in [0.4, 0.5) is 11.6 Å². The van der Waals surface area contributed by atoms with Gasteiger partial charge in [0.1, 0.15) is 28.7 Å². The average molecular weight is 768 g/mol. The number of fused-ring (bicyclic) bond motifs is 1. The summed E-state index contributed by atoms with van der Waals surface area (Å²) in [5.41, 5.74) is 1.72. The van der Waals surface area contributed by atoms with Crippen LogP contribution in [0, 0.1) is 11.8 Å². The second kappa shape index (κ2) is 15.4.